The molecule has 0 saturated heterocycles. The van der Waals surface area contributed by atoms with Crippen molar-refractivity contribution in [3.05, 3.63) is 53.1 Å². The van der Waals surface area contributed by atoms with Crippen LogP contribution in [0.15, 0.2) is 47.4 Å². The summed E-state index contributed by atoms with van der Waals surface area (Å²) in [7, 11) is -3.72. The maximum Gasteiger partial charge on any atom is 0.261 e. The van der Waals surface area contributed by atoms with Gasteiger partial charge in [-0.15, -0.1) is 0 Å². The number of rotatable bonds is 5. The molecule has 25 heavy (non-hydrogen) atoms. The third-order valence-corrected chi connectivity index (χ3v) is 5.13. The third kappa shape index (κ3) is 5.59. The maximum absolute atomic E-state index is 12.6. The van der Waals surface area contributed by atoms with Gasteiger partial charge in [0.2, 0.25) is 0 Å². The molecule has 3 N–H and O–H groups in total. The van der Waals surface area contributed by atoms with Gasteiger partial charge in [-0.1, -0.05) is 17.7 Å². The van der Waals surface area contributed by atoms with Gasteiger partial charge in [0, 0.05) is 22.4 Å². The van der Waals surface area contributed by atoms with Crippen LogP contribution in [0.1, 0.15) is 19.4 Å². The molecule has 0 spiro atoms. The van der Waals surface area contributed by atoms with Crippen LogP contribution >= 0.6 is 23.8 Å². The highest BCUT2D eigenvalue weighted by molar-refractivity contribution is 7.92. The number of hydrogen-bond donors (Lipinski definition) is 3. The van der Waals surface area contributed by atoms with Gasteiger partial charge in [0.05, 0.1) is 4.90 Å². The van der Waals surface area contributed by atoms with E-state index in [9.17, 15) is 8.42 Å². The first-order valence-corrected chi connectivity index (χ1v) is 9.91. The number of hydrogen-bond acceptors (Lipinski definition) is 3. The van der Waals surface area contributed by atoms with Gasteiger partial charge >= 0.3 is 0 Å². The molecule has 0 fully saturated rings. The van der Waals surface area contributed by atoms with Crippen LogP contribution in [0, 0.1) is 6.92 Å². The minimum Gasteiger partial charge on any atom is -0.360 e. The number of halogens is 1. The molecule has 0 aromatic heterocycles. The van der Waals surface area contributed by atoms with Gasteiger partial charge in [-0.25, -0.2) is 8.42 Å². The second kappa shape index (κ2) is 8.03. The molecular weight excluding hydrogens is 378 g/mol. The quantitative estimate of drug-likeness (QED) is 0.661. The van der Waals surface area contributed by atoms with Crippen LogP contribution in [-0.4, -0.2) is 19.6 Å². The van der Waals surface area contributed by atoms with Gasteiger partial charge in [-0.2, -0.15) is 0 Å². The van der Waals surface area contributed by atoms with E-state index in [-0.39, 0.29) is 10.9 Å². The van der Waals surface area contributed by atoms with E-state index in [0.29, 0.717) is 21.5 Å². The SMILES string of the molecule is Cc1ccc(S(=O)(=O)Nc2ccc(Cl)cc2)cc1NC(=S)NC(C)C. The zero-order valence-corrected chi connectivity index (χ0v) is 16.5. The molecule has 0 saturated carbocycles. The van der Waals surface area contributed by atoms with Gasteiger partial charge in [-0.05, 0) is 75.0 Å². The molecule has 0 amide bonds. The highest BCUT2D eigenvalue weighted by Gasteiger charge is 2.16. The van der Waals surface area contributed by atoms with E-state index in [4.69, 9.17) is 23.8 Å². The monoisotopic (exact) mass is 397 g/mol. The fraction of sp³-hybridized carbons (Fsp3) is 0.235. The fourth-order valence-electron chi connectivity index (χ4n) is 2.06. The zero-order chi connectivity index (χ0) is 18.6. The summed E-state index contributed by atoms with van der Waals surface area (Å²) in [6.07, 6.45) is 0. The summed E-state index contributed by atoms with van der Waals surface area (Å²) < 4.78 is 27.7. The zero-order valence-electron chi connectivity index (χ0n) is 14.1. The Kier molecular flexibility index (Phi) is 6.26. The summed E-state index contributed by atoms with van der Waals surface area (Å²) in [4.78, 5) is 0.142. The first-order chi connectivity index (χ1) is 11.7. The summed E-state index contributed by atoms with van der Waals surface area (Å²) in [5.41, 5.74) is 1.96. The Bertz CT molecular complexity index is 866. The molecule has 2 aromatic carbocycles. The molecule has 0 atom stereocenters. The van der Waals surface area contributed by atoms with Gasteiger partial charge < -0.3 is 10.6 Å². The number of aryl methyl sites for hydroxylation is 1. The molecular formula is C17H20ClN3O2S2. The maximum atomic E-state index is 12.6. The second-order valence-corrected chi connectivity index (χ2v) is 8.37. The molecule has 0 bridgehead atoms. The Hall–Kier alpha value is -1.83. The van der Waals surface area contributed by atoms with Crippen LogP contribution in [0.4, 0.5) is 11.4 Å². The highest BCUT2D eigenvalue weighted by atomic mass is 35.5. The molecule has 0 radical (unpaired) electrons. The fourth-order valence-corrected chi connectivity index (χ4v) is 3.61. The van der Waals surface area contributed by atoms with E-state index in [2.05, 4.69) is 15.4 Å². The molecule has 8 heteroatoms. The topological polar surface area (TPSA) is 70.2 Å². The molecule has 134 valence electrons. The molecule has 0 aliphatic heterocycles. The van der Waals surface area contributed by atoms with Crippen LogP contribution in [0.2, 0.25) is 5.02 Å². The van der Waals surface area contributed by atoms with E-state index in [0.717, 1.165) is 5.56 Å². The molecule has 0 heterocycles. The van der Waals surface area contributed by atoms with Crippen LogP contribution in [0.25, 0.3) is 0 Å². The molecule has 5 nitrogen and oxygen atoms in total. The van der Waals surface area contributed by atoms with Crippen molar-refractivity contribution >= 4 is 50.3 Å². The van der Waals surface area contributed by atoms with Gasteiger partial charge in [0.25, 0.3) is 10.0 Å². The predicted molar refractivity (Wildman–Crippen MR) is 108 cm³/mol. The Balaban J connectivity index is 2.24. The Labute approximate surface area is 158 Å². The van der Waals surface area contributed by atoms with E-state index < -0.39 is 10.0 Å². The Morgan fingerprint density at radius 2 is 1.76 bits per heavy atom. The van der Waals surface area contributed by atoms with Crippen molar-refractivity contribution in [2.24, 2.45) is 0 Å². The van der Waals surface area contributed by atoms with Crippen LogP contribution < -0.4 is 15.4 Å². The van der Waals surface area contributed by atoms with Gasteiger partial charge in [0.15, 0.2) is 5.11 Å². The Morgan fingerprint density at radius 1 is 1.12 bits per heavy atom. The minimum atomic E-state index is -3.72. The Morgan fingerprint density at radius 3 is 2.36 bits per heavy atom. The molecule has 0 aliphatic carbocycles. The molecule has 2 rings (SSSR count). The number of anilines is 2. The number of sulfonamides is 1. The van der Waals surface area contributed by atoms with Crippen molar-refractivity contribution in [3.63, 3.8) is 0 Å². The van der Waals surface area contributed by atoms with E-state index in [1.165, 1.54) is 0 Å². The lowest BCUT2D eigenvalue weighted by molar-refractivity contribution is 0.601. The third-order valence-electron chi connectivity index (χ3n) is 3.28. The molecule has 0 unspecified atom stereocenters. The summed E-state index contributed by atoms with van der Waals surface area (Å²) >= 11 is 11.0. The summed E-state index contributed by atoms with van der Waals surface area (Å²) in [6, 6.07) is 11.5. The average Bonchev–Trinajstić information content (AvgIpc) is 2.50. The second-order valence-electron chi connectivity index (χ2n) is 5.84. The summed E-state index contributed by atoms with van der Waals surface area (Å²) in [6.45, 7) is 5.82. The smallest absolute Gasteiger partial charge is 0.261 e. The number of thiocarbonyl (C=S) groups is 1. The van der Waals surface area contributed by atoms with Crippen LogP contribution in [0.5, 0.6) is 0 Å². The van der Waals surface area contributed by atoms with Crippen molar-refractivity contribution in [2.75, 3.05) is 10.0 Å². The summed E-state index contributed by atoms with van der Waals surface area (Å²) in [5, 5.41) is 7.08. The normalized spacial score (nSPS) is 11.2. The van der Waals surface area contributed by atoms with E-state index in [1.807, 2.05) is 20.8 Å². The largest absolute Gasteiger partial charge is 0.360 e. The molecule has 2 aromatic rings. The van der Waals surface area contributed by atoms with Crippen molar-refractivity contribution < 1.29 is 8.42 Å². The predicted octanol–water partition coefficient (Wildman–Crippen LogP) is 4.14. The van der Waals surface area contributed by atoms with Crippen molar-refractivity contribution in [1.29, 1.82) is 0 Å². The lowest BCUT2D eigenvalue weighted by atomic mass is 10.2. The first kappa shape index (κ1) is 19.5. The van der Waals surface area contributed by atoms with Crippen LogP contribution in [-0.2, 0) is 10.0 Å². The minimum absolute atomic E-state index is 0.142. The van der Waals surface area contributed by atoms with Crippen molar-refractivity contribution in [1.82, 2.24) is 5.32 Å². The molecule has 0 aliphatic rings. The highest BCUT2D eigenvalue weighted by Crippen LogP contribution is 2.23. The average molecular weight is 398 g/mol. The standard InChI is InChI=1S/C17H20ClN3O2S2/c1-11(2)19-17(24)20-16-10-15(9-4-12(16)3)25(22,23)21-14-7-5-13(18)6-8-14/h4-11,21H,1-3H3,(H2,19,20,24). The van der Waals surface area contributed by atoms with Crippen molar-refractivity contribution in [3.8, 4) is 0 Å². The van der Waals surface area contributed by atoms with Crippen molar-refractivity contribution in [2.45, 2.75) is 31.7 Å². The number of benzene rings is 2. The van der Waals surface area contributed by atoms with Gasteiger partial charge in [-0.3, -0.25) is 4.72 Å². The van der Waals surface area contributed by atoms with E-state index >= 15 is 0 Å². The number of nitrogens with one attached hydrogen (secondary N) is 3. The van der Waals surface area contributed by atoms with E-state index in [1.54, 1.807) is 42.5 Å². The van der Waals surface area contributed by atoms with Gasteiger partial charge in [0.1, 0.15) is 0 Å². The summed E-state index contributed by atoms with van der Waals surface area (Å²) in [5.74, 6) is 0. The first-order valence-electron chi connectivity index (χ1n) is 7.64. The lowest BCUT2D eigenvalue weighted by Gasteiger charge is -2.16. The van der Waals surface area contributed by atoms with Crippen LogP contribution in [0.3, 0.4) is 0 Å². The lowest BCUT2D eigenvalue weighted by Crippen LogP contribution is -2.34.